The molecule has 2 heterocycles. The van der Waals surface area contributed by atoms with Gasteiger partial charge in [-0.2, -0.15) is 0 Å². The summed E-state index contributed by atoms with van der Waals surface area (Å²) in [5, 5.41) is 3.29. The zero-order valence-electron chi connectivity index (χ0n) is 14.3. The first-order valence-electron chi connectivity index (χ1n) is 7.90. The lowest BCUT2D eigenvalue weighted by Gasteiger charge is -2.10. The molecule has 1 aromatic carbocycles. The number of fused-ring (bicyclic) bond motifs is 1. The molecule has 1 aliphatic heterocycles. The van der Waals surface area contributed by atoms with Crippen molar-refractivity contribution in [3.63, 3.8) is 0 Å². The highest BCUT2D eigenvalue weighted by Crippen LogP contribution is 2.34. The zero-order valence-corrected chi connectivity index (χ0v) is 15.1. The first kappa shape index (κ1) is 17.3. The summed E-state index contributed by atoms with van der Waals surface area (Å²) in [6.07, 6.45) is 0.798. The van der Waals surface area contributed by atoms with E-state index in [9.17, 15) is 9.59 Å². The Hall–Kier alpha value is -2.54. The minimum Gasteiger partial charge on any atom is -0.490 e. The van der Waals surface area contributed by atoms with Crippen molar-refractivity contribution in [3.8, 4) is 11.5 Å². The van der Waals surface area contributed by atoms with E-state index >= 15 is 0 Å². The average molecular weight is 361 g/mol. The molecule has 1 amide bonds. The average Bonchev–Trinajstić information content (AvgIpc) is 2.79. The van der Waals surface area contributed by atoms with E-state index in [1.807, 2.05) is 13.8 Å². The molecular weight excluding hydrogens is 342 g/mol. The van der Waals surface area contributed by atoms with Crippen LogP contribution in [-0.2, 0) is 4.74 Å². The van der Waals surface area contributed by atoms with Gasteiger partial charge in [0.1, 0.15) is 5.00 Å². The molecule has 1 aromatic heterocycles. The van der Waals surface area contributed by atoms with Crippen LogP contribution in [-0.4, -0.2) is 32.2 Å². The zero-order chi connectivity index (χ0) is 18.0. The van der Waals surface area contributed by atoms with Crippen LogP contribution in [0.5, 0.6) is 11.5 Å². The lowest BCUT2D eigenvalue weighted by Crippen LogP contribution is -2.14. The molecule has 25 heavy (non-hydrogen) atoms. The number of ether oxygens (including phenoxy) is 3. The normalized spacial score (nSPS) is 13.1. The third-order valence-corrected chi connectivity index (χ3v) is 5.13. The Kier molecular flexibility index (Phi) is 4.94. The van der Waals surface area contributed by atoms with Crippen molar-refractivity contribution < 1.29 is 23.8 Å². The van der Waals surface area contributed by atoms with Crippen LogP contribution in [0.3, 0.4) is 0 Å². The molecule has 0 unspecified atom stereocenters. The van der Waals surface area contributed by atoms with Crippen molar-refractivity contribution in [2.45, 2.75) is 20.3 Å². The maximum atomic E-state index is 12.6. The number of aryl methyl sites for hydroxylation is 1. The fourth-order valence-corrected chi connectivity index (χ4v) is 3.59. The topological polar surface area (TPSA) is 73.9 Å². The smallest absolute Gasteiger partial charge is 0.341 e. The van der Waals surface area contributed by atoms with Crippen molar-refractivity contribution in [3.05, 3.63) is 39.8 Å². The van der Waals surface area contributed by atoms with Crippen LogP contribution in [0.25, 0.3) is 0 Å². The number of carbonyl (C=O) groups excluding carboxylic acids is 2. The maximum Gasteiger partial charge on any atom is 0.341 e. The number of esters is 1. The molecule has 3 rings (SSSR count). The van der Waals surface area contributed by atoms with E-state index in [-0.39, 0.29) is 5.91 Å². The molecule has 6 nitrogen and oxygen atoms in total. The molecule has 132 valence electrons. The second-order valence-electron chi connectivity index (χ2n) is 5.65. The Bertz CT molecular complexity index is 827. The summed E-state index contributed by atoms with van der Waals surface area (Å²) >= 11 is 1.35. The van der Waals surface area contributed by atoms with Crippen molar-refractivity contribution in [1.82, 2.24) is 0 Å². The van der Waals surface area contributed by atoms with Gasteiger partial charge in [0, 0.05) is 16.9 Å². The molecule has 0 saturated heterocycles. The van der Waals surface area contributed by atoms with Gasteiger partial charge in [-0.25, -0.2) is 4.79 Å². The second kappa shape index (κ2) is 7.14. The van der Waals surface area contributed by atoms with Gasteiger partial charge in [-0.3, -0.25) is 4.79 Å². The Balaban J connectivity index is 1.87. The Morgan fingerprint density at radius 2 is 1.88 bits per heavy atom. The van der Waals surface area contributed by atoms with Crippen LogP contribution in [0.15, 0.2) is 18.2 Å². The summed E-state index contributed by atoms with van der Waals surface area (Å²) in [7, 11) is 1.32. The van der Waals surface area contributed by atoms with Gasteiger partial charge in [-0.1, -0.05) is 0 Å². The van der Waals surface area contributed by atoms with E-state index in [0.717, 1.165) is 16.9 Å². The van der Waals surface area contributed by atoms with Gasteiger partial charge in [0.15, 0.2) is 11.5 Å². The van der Waals surface area contributed by atoms with E-state index in [2.05, 4.69) is 5.32 Å². The third kappa shape index (κ3) is 3.46. The van der Waals surface area contributed by atoms with Gasteiger partial charge in [0.25, 0.3) is 5.91 Å². The van der Waals surface area contributed by atoms with Gasteiger partial charge >= 0.3 is 5.97 Å². The van der Waals surface area contributed by atoms with Gasteiger partial charge in [0.05, 0.1) is 25.9 Å². The minimum absolute atomic E-state index is 0.318. The number of hydrogen-bond acceptors (Lipinski definition) is 6. The number of rotatable bonds is 3. The van der Waals surface area contributed by atoms with Gasteiger partial charge < -0.3 is 19.5 Å². The summed E-state index contributed by atoms with van der Waals surface area (Å²) in [5.41, 5.74) is 1.64. The second-order valence-corrected chi connectivity index (χ2v) is 6.87. The molecule has 0 radical (unpaired) electrons. The first-order chi connectivity index (χ1) is 12.0. The predicted octanol–water partition coefficient (Wildman–Crippen LogP) is 3.57. The van der Waals surface area contributed by atoms with E-state index in [0.29, 0.717) is 40.8 Å². The van der Waals surface area contributed by atoms with Crippen LogP contribution in [0, 0.1) is 13.8 Å². The largest absolute Gasteiger partial charge is 0.490 e. The highest BCUT2D eigenvalue weighted by atomic mass is 32.1. The number of nitrogens with one attached hydrogen (secondary N) is 1. The maximum absolute atomic E-state index is 12.6. The van der Waals surface area contributed by atoms with Crippen LogP contribution in [0.2, 0.25) is 0 Å². The molecule has 1 aliphatic rings. The molecule has 0 aliphatic carbocycles. The summed E-state index contributed by atoms with van der Waals surface area (Å²) in [4.78, 5) is 25.6. The molecule has 0 atom stereocenters. The lowest BCUT2D eigenvalue weighted by atomic mass is 10.1. The molecule has 7 heteroatoms. The fourth-order valence-electron chi connectivity index (χ4n) is 2.54. The van der Waals surface area contributed by atoms with Crippen LogP contribution in [0.1, 0.15) is 37.6 Å². The van der Waals surface area contributed by atoms with Crippen LogP contribution in [0.4, 0.5) is 5.00 Å². The van der Waals surface area contributed by atoms with Gasteiger partial charge in [-0.05, 0) is 37.6 Å². The summed E-state index contributed by atoms with van der Waals surface area (Å²) in [6, 6.07) is 5.05. The number of thiophene rings is 1. The Labute approximate surface area is 149 Å². The molecule has 2 aromatic rings. The van der Waals surface area contributed by atoms with Gasteiger partial charge in [0.2, 0.25) is 0 Å². The van der Waals surface area contributed by atoms with Crippen molar-refractivity contribution in [2.75, 3.05) is 25.6 Å². The van der Waals surface area contributed by atoms with Crippen LogP contribution >= 0.6 is 11.3 Å². The van der Waals surface area contributed by atoms with E-state index in [1.165, 1.54) is 18.4 Å². The molecule has 1 N–H and O–H groups in total. The molecule has 0 bridgehead atoms. The van der Waals surface area contributed by atoms with E-state index < -0.39 is 5.97 Å². The summed E-state index contributed by atoms with van der Waals surface area (Å²) in [6.45, 7) is 4.87. The Morgan fingerprint density at radius 1 is 1.16 bits per heavy atom. The predicted molar refractivity (Wildman–Crippen MR) is 95.1 cm³/mol. The quantitative estimate of drug-likeness (QED) is 0.846. The number of benzene rings is 1. The van der Waals surface area contributed by atoms with Crippen molar-refractivity contribution >= 4 is 28.2 Å². The molecule has 0 spiro atoms. The molecule has 0 saturated carbocycles. The number of hydrogen-bond donors (Lipinski definition) is 1. The van der Waals surface area contributed by atoms with Crippen molar-refractivity contribution in [2.24, 2.45) is 0 Å². The summed E-state index contributed by atoms with van der Waals surface area (Å²) in [5.74, 6) is 0.404. The number of amides is 1. The molecular formula is C18H19NO5S. The standard InChI is InChI=1S/C18H19NO5S/c1-10-11(2)25-17(15(10)18(21)22-3)19-16(20)12-5-6-13-14(9-12)24-8-4-7-23-13/h5-6,9H,4,7-8H2,1-3H3,(H,19,20). The highest BCUT2D eigenvalue weighted by molar-refractivity contribution is 7.16. The van der Waals surface area contributed by atoms with E-state index in [1.54, 1.807) is 18.2 Å². The third-order valence-electron chi connectivity index (χ3n) is 4.01. The first-order valence-corrected chi connectivity index (χ1v) is 8.72. The summed E-state index contributed by atoms with van der Waals surface area (Å²) < 4.78 is 16.0. The van der Waals surface area contributed by atoms with E-state index in [4.69, 9.17) is 14.2 Å². The van der Waals surface area contributed by atoms with Crippen molar-refractivity contribution in [1.29, 1.82) is 0 Å². The number of anilines is 1. The lowest BCUT2D eigenvalue weighted by molar-refractivity contribution is 0.0601. The number of methoxy groups -OCH3 is 1. The van der Waals surface area contributed by atoms with Gasteiger partial charge in [-0.15, -0.1) is 11.3 Å². The number of carbonyl (C=O) groups is 2. The highest BCUT2D eigenvalue weighted by Gasteiger charge is 2.22. The monoisotopic (exact) mass is 361 g/mol. The van der Waals surface area contributed by atoms with Crippen LogP contribution < -0.4 is 14.8 Å². The SMILES string of the molecule is COC(=O)c1c(NC(=O)c2ccc3c(c2)OCCCO3)sc(C)c1C. The minimum atomic E-state index is -0.462. The Morgan fingerprint density at radius 3 is 2.60 bits per heavy atom. The fraction of sp³-hybridized carbons (Fsp3) is 0.333. The molecule has 0 fully saturated rings.